The molecule has 0 aliphatic heterocycles. The third-order valence-electron chi connectivity index (χ3n) is 3.92. The second kappa shape index (κ2) is 7.99. The van der Waals surface area contributed by atoms with Gasteiger partial charge in [-0.05, 0) is 55.7 Å². The summed E-state index contributed by atoms with van der Waals surface area (Å²) in [5.74, 6) is -1.18. The Hall–Kier alpha value is -2.22. The van der Waals surface area contributed by atoms with E-state index in [1.54, 1.807) is 21.0 Å². The van der Waals surface area contributed by atoms with Gasteiger partial charge < -0.3 is 9.84 Å². The van der Waals surface area contributed by atoms with Crippen LogP contribution in [0.4, 0.5) is 0 Å². The van der Waals surface area contributed by atoms with Crippen molar-refractivity contribution in [2.75, 3.05) is 7.11 Å². The average molecular weight is 377 g/mol. The number of hydrogen-bond donors (Lipinski definition) is 2. The molecule has 0 aliphatic rings. The topological polar surface area (TPSA) is 92.7 Å². The van der Waals surface area contributed by atoms with Crippen LogP contribution in [0.5, 0.6) is 0 Å². The predicted octanol–water partition coefficient (Wildman–Crippen LogP) is 3.45. The maximum Gasteiger partial charge on any atom is 0.335 e. The van der Waals surface area contributed by atoms with Crippen molar-refractivity contribution in [3.05, 3.63) is 53.6 Å². The first-order valence-corrected chi connectivity index (χ1v) is 9.66. The number of rotatable bonds is 7. The van der Waals surface area contributed by atoms with Gasteiger partial charge in [0.05, 0.1) is 16.6 Å². The van der Waals surface area contributed by atoms with Gasteiger partial charge in [0.2, 0.25) is 10.0 Å². The van der Waals surface area contributed by atoms with E-state index < -0.39 is 16.0 Å². The summed E-state index contributed by atoms with van der Waals surface area (Å²) >= 11 is 0. The van der Waals surface area contributed by atoms with Gasteiger partial charge in [0.25, 0.3) is 0 Å². The van der Waals surface area contributed by atoms with E-state index in [-0.39, 0.29) is 22.6 Å². The highest BCUT2D eigenvalue weighted by Crippen LogP contribution is 2.27. The number of hydrogen-bond acceptors (Lipinski definition) is 4. The van der Waals surface area contributed by atoms with Crippen molar-refractivity contribution in [2.24, 2.45) is 0 Å². The van der Waals surface area contributed by atoms with Gasteiger partial charge in [-0.3, -0.25) is 0 Å². The van der Waals surface area contributed by atoms with E-state index in [0.29, 0.717) is 5.56 Å². The molecule has 0 heterocycles. The molecule has 2 aromatic rings. The van der Waals surface area contributed by atoms with Crippen LogP contribution in [0.1, 0.15) is 42.8 Å². The first kappa shape index (κ1) is 20.1. The Morgan fingerprint density at radius 2 is 1.65 bits per heavy atom. The van der Waals surface area contributed by atoms with Gasteiger partial charge in [0.15, 0.2) is 0 Å². The molecule has 0 saturated carbocycles. The molecule has 2 aromatic carbocycles. The molecule has 0 bridgehead atoms. The maximum atomic E-state index is 12.5. The Labute approximate surface area is 153 Å². The van der Waals surface area contributed by atoms with E-state index in [0.717, 1.165) is 17.2 Å². The molecule has 0 aliphatic carbocycles. The first-order chi connectivity index (χ1) is 12.1. The second-order valence-corrected chi connectivity index (χ2v) is 8.04. The zero-order chi connectivity index (χ0) is 19.5. The Kier molecular flexibility index (Phi) is 6.17. The minimum Gasteiger partial charge on any atom is -0.478 e. The van der Waals surface area contributed by atoms with Gasteiger partial charge in [-0.25, -0.2) is 17.9 Å². The number of carboxylic acids is 1. The fourth-order valence-electron chi connectivity index (χ4n) is 2.51. The standard InChI is InChI=1S/C19H23NO5S/c1-12(2)20-26(23,24)18-10-16(9-17(11-18)19(21)22)15-7-5-14(6-8-15)13(3)25-4/h5-13,20H,1-4H3,(H,21,22)/t13-/m1/s1. The summed E-state index contributed by atoms with van der Waals surface area (Å²) in [6.07, 6.45) is -0.0689. The third kappa shape index (κ3) is 4.69. The van der Waals surface area contributed by atoms with Gasteiger partial charge in [-0.1, -0.05) is 24.3 Å². The molecule has 0 aromatic heterocycles. The number of methoxy groups -OCH3 is 1. The predicted molar refractivity (Wildman–Crippen MR) is 99.7 cm³/mol. The number of nitrogens with one attached hydrogen (secondary N) is 1. The molecule has 6 nitrogen and oxygen atoms in total. The van der Waals surface area contributed by atoms with Crippen LogP contribution in [0, 0.1) is 0 Å². The Morgan fingerprint density at radius 1 is 1.04 bits per heavy atom. The van der Waals surface area contributed by atoms with Crippen LogP contribution in [-0.2, 0) is 14.8 Å². The number of ether oxygens (including phenoxy) is 1. The molecule has 2 N–H and O–H groups in total. The zero-order valence-electron chi connectivity index (χ0n) is 15.2. The molecule has 0 fully saturated rings. The van der Waals surface area contributed by atoms with Crippen molar-refractivity contribution in [2.45, 2.75) is 37.8 Å². The SMILES string of the molecule is CO[C@H](C)c1ccc(-c2cc(C(=O)O)cc(S(=O)(=O)NC(C)C)c2)cc1. The highest BCUT2D eigenvalue weighted by molar-refractivity contribution is 7.89. The lowest BCUT2D eigenvalue weighted by Crippen LogP contribution is -2.30. The van der Waals surface area contributed by atoms with Gasteiger partial charge >= 0.3 is 5.97 Å². The zero-order valence-corrected chi connectivity index (χ0v) is 16.0. The molecule has 2 rings (SSSR count). The van der Waals surface area contributed by atoms with E-state index in [9.17, 15) is 18.3 Å². The van der Waals surface area contributed by atoms with E-state index in [2.05, 4.69) is 4.72 Å². The Bertz CT molecular complexity index is 889. The van der Waals surface area contributed by atoms with Crippen LogP contribution in [0.25, 0.3) is 11.1 Å². The van der Waals surface area contributed by atoms with Crippen LogP contribution < -0.4 is 4.72 Å². The van der Waals surface area contributed by atoms with E-state index in [1.807, 2.05) is 31.2 Å². The Balaban J connectivity index is 2.53. The minimum absolute atomic E-state index is 0.0689. The lowest BCUT2D eigenvalue weighted by atomic mass is 10.0. The van der Waals surface area contributed by atoms with E-state index in [1.165, 1.54) is 12.1 Å². The van der Waals surface area contributed by atoms with Gasteiger partial charge in [-0.15, -0.1) is 0 Å². The summed E-state index contributed by atoms with van der Waals surface area (Å²) in [7, 11) is -2.19. The van der Waals surface area contributed by atoms with Crippen LogP contribution >= 0.6 is 0 Å². The van der Waals surface area contributed by atoms with Crippen molar-refractivity contribution < 1.29 is 23.1 Å². The first-order valence-electron chi connectivity index (χ1n) is 8.18. The quantitative estimate of drug-likeness (QED) is 0.771. The smallest absolute Gasteiger partial charge is 0.335 e. The molecule has 0 amide bonds. The highest BCUT2D eigenvalue weighted by atomic mass is 32.2. The molecule has 0 unspecified atom stereocenters. The summed E-state index contributed by atoms with van der Waals surface area (Å²) in [5.41, 5.74) is 2.13. The second-order valence-electron chi connectivity index (χ2n) is 6.33. The van der Waals surface area contributed by atoms with E-state index in [4.69, 9.17) is 4.74 Å². The van der Waals surface area contributed by atoms with Crippen molar-refractivity contribution >= 4 is 16.0 Å². The third-order valence-corrected chi connectivity index (χ3v) is 5.56. The lowest BCUT2D eigenvalue weighted by molar-refractivity contribution is 0.0696. The highest BCUT2D eigenvalue weighted by Gasteiger charge is 2.19. The molecule has 1 atom stereocenters. The number of carbonyl (C=O) groups is 1. The summed E-state index contributed by atoms with van der Waals surface area (Å²) in [5, 5.41) is 9.35. The normalized spacial score (nSPS) is 13.0. The summed E-state index contributed by atoms with van der Waals surface area (Å²) in [6, 6.07) is 11.2. The molecule has 140 valence electrons. The lowest BCUT2D eigenvalue weighted by Gasteiger charge is -2.13. The maximum absolute atomic E-state index is 12.5. The largest absolute Gasteiger partial charge is 0.478 e. The number of sulfonamides is 1. The Morgan fingerprint density at radius 3 is 2.15 bits per heavy atom. The fraction of sp³-hybridized carbons (Fsp3) is 0.316. The van der Waals surface area contributed by atoms with Crippen molar-refractivity contribution in [1.29, 1.82) is 0 Å². The van der Waals surface area contributed by atoms with Gasteiger partial charge in [0, 0.05) is 13.2 Å². The molecule has 0 radical (unpaired) electrons. The van der Waals surface area contributed by atoms with Crippen LogP contribution in [-0.4, -0.2) is 32.6 Å². The fourth-order valence-corrected chi connectivity index (χ4v) is 3.83. The molecular formula is C19H23NO5S. The average Bonchev–Trinajstić information content (AvgIpc) is 2.59. The van der Waals surface area contributed by atoms with Crippen molar-refractivity contribution in [3.63, 3.8) is 0 Å². The minimum atomic E-state index is -3.80. The summed E-state index contributed by atoms with van der Waals surface area (Å²) in [4.78, 5) is 11.4. The van der Waals surface area contributed by atoms with Gasteiger partial charge in [0.1, 0.15) is 0 Å². The summed E-state index contributed by atoms with van der Waals surface area (Å²) < 4.78 is 32.7. The van der Waals surface area contributed by atoms with Gasteiger partial charge in [-0.2, -0.15) is 0 Å². The molecule has 0 saturated heterocycles. The molecule has 0 spiro atoms. The molecular weight excluding hydrogens is 354 g/mol. The van der Waals surface area contributed by atoms with Crippen molar-refractivity contribution in [1.82, 2.24) is 4.72 Å². The van der Waals surface area contributed by atoms with Crippen LogP contribution in [0.3, 0.4) is 0 Å². The number of carboxylic acid groups (broad SMARTS) is 1. The number of aromatic carboxylic acids is 1. The van der Waals surface area contributed by atoms with Crippen LogP contribution in [0.15, 0.2) is 47.4 Å². The van der Waals surface area contributed by atoms with E-state index >= 15 is 0 Å². The molecule has 7 heteroatoms. The van der Waals surface area contributed by atoms with Crippen LogP contribution in [0.2, 0.25) is 0 Å². The van der Waals surface area contributed by atoms with Crippen molar-refractivity contribution in [3.8, 4) is 11.1 Å². The summed E-state index contributed by atoms with van der Waals surface area (Å²) in [6.45, 7) is 5.33. The number of benzene rings is 2. The molecule has 26 heavy (non-hydrogen) atoms. The monoisotopic (exact) mass is 377 g/mol.